The first-order valence-electron chi connectivity index (χ1n) is 15.2. The van der Waals surface area contributed by atoms with Crippen molar-refractivity contribution in [3.05, 3.63) is 191 Å². The molecule has 47 heavy (non-hydrogen) atoms. The monoisotopic (exact) mass is 608 g/mol. The Morgan fingerprint density at radius 3 is 1.81 bits per heavy atom. The molecule has 5 nitrogen and oxygen atoms in total. The van der Waals surface area contributed by atoms with Crippen LogP contribution in [0.1, 0.15) is 11.1 Å². The van der Waals surface area contributed by atoms with E-state index in [1.54, 1.807) is 12.2 Å². The summed E-state index contributed by atoms with van der Waals surface area (Å²) in [4.78, 5) is 7.74. The first-order chi connectivity index (χ1) is 23.0. The summed E-state index contributed by atoms with van der Waals surface area (Å²) in [5, 5.41) is 11.9. The number of para-hydroxylation sites is 1. The molecule has 0 N–H and O–H groups in total. The Hall–Kier alpha value is -6.56. The SMILES string of the molecule is [C-]#[N+]C(C#N)=C1C=C(C=Cc2ccc(N(C)C)cc2)OC(C=Cc2ccc(N(c3ccccc3)c3cccc4ccccc34)cc2)=C1. The molecule has 0 unspecified atom stereocenters. The van der Waals surface area contributed by atoms with Crippen LogP contribution in [0.5, 0.6) is 0 Å². The zero-order chi connectivity index (χ0) is 32.6. The van der Waals surface area contributed by atoms with Crippen LogP contribution in [0, 0.1) is 17.9 Å². The van der Waals surface area contributed by atoms with Crippen molar-refractivity contribution in [1.82, 2.24) is 0 Å². The lowest BCUT2D eigenvalue weighted by Gasteiger charge is -2.27. The molecule has 0 bridgehead atoms. The van der Waals surface area contributed by atoms with Gasteiger partial charge in [0.15, 0.2) is 0 Å². The van der Waals surface area contributed by atoms with E-state index in [1.807, 2.05) is 79.7 Å². The standard InChI is InChI=1S/C42H32N4O/c1-44-41(30-43)34-28-38(26-20-31-16-22-35(23-17-31)45(2)3)47-39(29-34)27-21-32-18-24-37(25-19-32)46(36-12-5-4-6-13-36)42-15-9-11-33-10-7-8-14-40(33)42/h4-29H,2-3H3. The highest BCUT2D eigenvalue weighted by atomic mass is 16.5. The quantitative estimate of drug-likeness (QED) is 0.130. The largest absolute Gasteiger partial charge is 0.457 e. The fourth-order valence-electron chi connectivity index (χ4n) is 5.38. The number of nitrogens with zero attached hydrogens (tertiary/aromatic N) is 4. The maximum Gasteiger partial charge on any atom is 0.269 e. The maximum absolute atomic E-state index is 9.57. The van der Waals surface area contributed by atoms with Crippen LogP contribution in [0.4, 0.5) is 22.7 Å². The number of anilines is 4. The zero-order valence-corrected chi connectivity index (χ0v) is 26.2. The third kappa shape index (κ3) is 7.07. The molecule has 1 aliphatic heterocycles. The Kier molecular flexibility index (Phi) is 9.10. The number of allylic oxidation sites excluding steroid dienone is 6. The number of fused-ring (bicyclic) bond motifs is 1. The lowest BCUT2D eigenvalue weighted by atomic mass is 10.1. The predicted molar refractivity (Wildman–Crippen MR) is 194 cm³/mol. The molecule has 6 rings (SSSR count). The van der Waals surface area contributed by atoms with E-state index in [4.69, 9.17) is 11.3 Å². The van der Waals surface area contributed by atoms with E-state index in [0.717, 1.165) is 33.9 Å². The smallest absolute Gasteiger partial charge is 0.269 e. The summed E-state index contributed by atoms with van der Waals surface area (Å²) in [5.74, 6) is 1.08. The fourth-order valence-corrected chi connectivity index (χ4v) is 5.38. The summed E-state index contributed by atoms with van der Waals surface area (Å²) in [5.41, 5.74) is 6.84. The molecule has 1 aliphatic rings. The van der Waals surface area contributed by atoms with Gasteiger partial charge in [0.05, 0.1) is 18.3 Å². The van der Waals surface area contributed by atoms with Gasteiger partial charge in [0, 0.05) is 36.5 Å². The second kappa shape index (κ2) is 14.0. The highest BCUT2D eigenvalue weighted by molar-refractivity contribution is 5.98. The number of nitriles is 1. The van der Waals surface area contributed by atoms with Gasteiger partial charge in [-0.1, -0.05) is 91.0 Å². The molecule has 0 radical (unpaired) electrons. The van der Waals surface area contributed by atoms with Gasteiger partial charge in [-0.15, -0.1) is 0 Å². The Morgan fingerprint density at radius 1 is 0.660 bits per heavy atom. The van der Waals surface area contributed by atoms with Crippen LogP contribution in [0.2, 0.25) is 0 Å². The molecule has 1 heterocycles. The molecule has 0 saturated heterocycles. The van der Waals surface area contributed by atoms with Gasteiger partial charge in [-0.3, -0.25) is 0 Å². The molecular formula is C42H32N4O. The summed E-state index contributed by atoms with van der Waals surface area (Å²) in [7, 11) is 4.01. The van der Waals surface area contributed by atoms with Crippen LogP contribution >= 0.6 is 0 Å². The third-order valence-electron chi connectivity index (χ3n) is 7.79. The first kappa shape index (κ1) is 30.5. The van der Waals surface area contributed by atoms with Crippen molar-refractivity contribution in [3.63, 3.8) is 0 Å². The van der Waals surface area contributed by atoms with E-state index in [9.17, 15) is 5.26 Å². The normalized spacial score (nSPS) is 13.8. The third-order valence-corrected chi connectivity index (χ3v) is 7.79. The van der Waals surface area contributed by atoms with Crippen molar-refractivity contribution >= 4 is 45.7 Å². The molecule has 0 spiro atoms. The van der Waals surface area contributed by atoms with Gasteiger partial charge in [-0.25, -0.2) is 10.1 Å². The zero-order valence-electron chi connectivity index (χ0n) is 26.2. The number of rotatable bonds is 8. The van der Waals surface area contributed by atoms with Crippen LogP contribution in [0.15, 0.2) is 168 Å². The molecule has 5 aromatic rings. The van der Waals surface area contributed by atoms with Crippen LogP contribution < -0.4 is 9.80 Å². The van der Waals surface area contributed by atoms with Crippen molar-refractivity contribution in [1.29, 1.82) is 5.26 Å². The van der Waals surface area contributed by atoms with Gasteiger partial charge < -0.3 is 14.5 Å². The van der Waals surface area contributed by atoms with Gasteiger partial charge in [0.2, 0.25) is 0 Å². The fraction of sp³-hybridized carbons (Fsp3) is 0.0476. The number of hydrogen-bond acceptors (Lipinski definition) is 4. The van der Waals surface area contributed by atoms with E-state index >= 15 is 0 Å². The Bertz CT molecular complexity index is 2120. The average Bonchev–Trinajstić information content (AvgIpc) is 3.12. The van der Waals surface area contributed by atoms with E-state index in [-0.39, 0.29) is 5.70 Å². The minimum atomic E-state index is 0.0132. The highest BCUT2D eigenvalue weighted by Gasteiger charge is 2.15. The van der Waals surface area contributed by atoms with Crippen molar-refractivity contribution in [3.8, 4) is 6.07 Å². The lowest BCUT2D eigenvalue weighted by molar-refractivity contribution is 0.332. The van der Waals surface area contributed by atoms with Gasteiger partial charge >= 0.3 is 0 Å². The number of ether oxygens (including phenoxy) is 1. The molecule has 0 amide bonds. The highest BCUT2D eigenvalue weighted by Crippen LogP contribution is 2.38. The van der Waals surface area contributed by atoms with Gasteiger partial charge in [-0.2, -0.15) is 0 Å². The van der Waals surface area contributed by atoms with Crippen LogP contribution in [-0.4, -0.2) is 14.1 Å². The van der Waals surface area contributed by atoms with Gasteiger partial charge in [0.1, 0.15) is 11.5 Å². The van der Waals surface area contributed by atoms with Crippen molar-refractivity contribution in [2.24, 2.45) is 0 Å². The Morgan fingerprint density at radius 2 is 1.21 bits per heavy atom. The lowest BCUT2D eigenvalue weighted by Crippen LogP contribution is -2.10. The van der Waals surface area contributed by atoms with Crippen molar-refractivity contribution in [2.75, 3.05) is 23.9 Å². The van der Waals surface area contributed by atoms with Gasteiger partial charge in [0.25, 0.3) is 5.70 Å². The summed E-state index contributed by atoms with van der Waals surface area (Å²) < 4.78 is 6.17. The maximum atomic E-state index is 9.57. The van der Waals surface area contributed by atoms with Crippen LogP contribution in [-0.2, 0) is 4.74 Å². The Labute approximate surface area is 276 Å². The summed E-state index contributed by atoms with van der Waals surface area (Å²) in [6.07, 6.45) is 11.1. The van der Waals surface area contributed by atoms with Gasteiger partial charge in [-0.05, 0) is 88.9 Å². The van der Waals surface area contributed by atoms with E-state index < -0.39 is 0 Å². The second-order valence-corrected chi connectivity index (χ2v) is 11.1. The summed E-state index contributed by atoms with van der Waals surface area (Å²) in [6, 6.07) is 43.7. The van der Waals surface area contributed by atoms with E-state index in [2.05, 4.69) is 101 Å². The molecule has 0 aromatic heterocycles. The summed E-state index contributed by atoms with van der Waals surface area (Å²) in [6.45, 7) is 7.48. The summed E-state index contributed by atoms with van der Waals surface area (Å²) >= 11 is 0. The molecular weight excluding hydrogens is 576 g/mol. The molecule has 226 valence electrons. The minimum absolute atomic E-state index is 0.0132. The molecule has 0 aliphatic carbocycles. The van der Waals surface area contributed by atoms with E-state index in [1.165, 1.54) is 10.8 Å². The molecule has 5 aromatic carbocycles. The van der Waals surface area contributed by atoms with Crippen LogP contribution in [0.3, 0.4) is 0 Å². The van der Waals surface area contributed by atoms with Crippen LogP contribution in [0.25, 0.3) is 27.8 Å². The Balaban J connectivity index is 1.27. The van der Waals surface area contributed by atoms with Crippen molar-refractivity contribution < 1.29 is 4.74 Å². The molecule has 0 fully saturated rings. The first-order valence-corrected chi connectivity index (χ1v) is 15.2. The number of hydrogen-bond donors (Lipinski definition) is 0. The molecule has 0 saturated carbocycles. The van der Waals surface area contributed by atoms with E-state index in [0.29, 0.717) is 17.1 Å². The predicted octanol–water partition coefficient (Wildman–Crippen LogP) is 10.6. The van der Waals surface area contributed by atoms with Crippen molar-refractivity contribution in [2.45, 2.75) is 0 Å². The minimum Gasteiger partial charge on any atom is -0.457 e. The average molecular weight is 609 g/mol. The number of benzene rings is 5. The topological polar surface area (TPSA) is 43.9 Å². The molecule has 5 heteroatoms. The molecule has 0 atom stereocenters. The second-order valence-electron chi connectivity index (χ2n) is 11.1.